The Hall–Kier alpha value is -0.610. The lowest BCUT2D eigenvalue weighted by molar-refractivity contribution is -0.0360. The molecule has 0 bridgehead atoms. The molecule has 0 aliphatic carbocycles. The van der Waals surface area contributed by atoms with Gasteiger partial charge in [0.15, 0.2) is 0 Å². The second kappa shape index (κ2) is 3.95. The highest BCUT2D eigenvalue weighted by Crippen LogP contribution is 2.80. The van der Waals surface area contributed by atoms with Crippen LogP contribution in [0, 0.1) is 5.92 Å². The smallest absolute Gasteiger partial charge is 0.160 e. The molecule has 94 valence electrons. The molecule has 0 nitrogen and oxygen atoms in total. The Labute approximate surface area is 104 Å². The molecular weight excluding hydrogens is 269 g/mol. The third-order valence-electron chi connectivity index (χ3n) is 2.73. The number of allylic oxidation sites excluding steroid dienone is 1. The first-order valence-electron chi connectivity index (χ1n) is 5.18. The van der Waals surface area contributed by atoms with Gasteiger partial charge in [0.2, 0.25) is 0 Å². The highest BCUT2D eigenvalue weighted by molar-refractivity contribution is 8.54. The molecule has 5 heteroatoms. The Morgan fingerprint density at radius 3 is 2.29 bits per heavy atom. The van der Waals surface area contributed by atoms with Crippen LogP contribution in [0.25, 0.3) is 6.08 Å². The van der Waals surface area contributed by atoms with E-state index in [0.29, 0.717) is 10.5 Å². The molecule has 1 aromatic rings. The minimum atomic E-state index is -4.41. The number of hydrogen-bond acceptors (Lipinski definition) is 0. The fourth-order valence-electron chi connectivity index (χ4n) is 1.97. The summed E-state index contributed by atoms with van der Waals surface area (Å²) in [6, 6.07) is 6.50. The van der Waals surface area contributed by atoms with Crippen LogP contribution in [-0.4, -0.2) is 5.51 Å². The van der Waals surface area contributed by atoms with Crippen LogP contribution < -0.4 is 0 Å². The number of halogens is 4. The number of benzene rings is 1. The van der Waals surface area contributed by atoms with Crippen LogP contribution in [0.5, 0.6) is 0 Å². The summed E-state index contributed by atoms with van der Waals surface area (Å²) in [5, 5.41) is 0. The molecule has 1 aliphatic heterocycles. The van der Waals surface area contributed by atoms with Crippen molar-refractivity contribution in [1.82, 2.24) is 0 Å². The molecule has 1 atom stereocenters. The van der Waals surface area contributed by atoms with E-state index in [1.165, 1.54) is 6.07 Å². The first kappa shape index (κ1) is 12.8. The summed E-state index contributed by atoms with van der Waals surface area (Å²) in [5.41, 5.74) is -3.81. The largest absolute Gasteiger partial charge is 0.445 e. The Balaban J connectivity index is 2.67. The van der Waals surface area contributed by atoms with Gasteiger partial charge in [0.25, 0.3) is 0 Å². The summed E-state index contributed by atoms with van der Waals surface area (Å²) in [7, 11) is 2.64. The standard InChI is InChI=1S/C12H12ClF3S/c1-8(2)11-7-9-5-3-4-6-10(9)17(11,13)12(14,15)16/h3-8H,1-2H3. The lowest BCUT2D eigenvalue weighted by Gasteiger charge is -2.36. The van der Waals surface area contributed by atoms with Gasteiger partial charge in [0.1, 0.15) is 0 Å². The topological polar surface area (TPSA) is 0 Å². The van der Waals surface area contributed by atoms with Crippen molar-refractivity contribution in [1.29, 1.82) is 0 Å². The molecular formula is C12H12ClF3S. The predicted octanol–water partition coefficient (Wildman–Crippen LogP) is 5.53. The fourth-order valence-corrected chi connectivity index (χ4v) is 5.48. The van der Waals surface area contributed by atoms with Crippen molar-refractivity contribution < 1.29 is 13.2 Å². The van der Waals surface area contributed by atoms with Crippen LogP contribution in [0.4, 0.5) is 13.2 Å². The monoisotopic (exact) mass is 280 g/mol. The first-order valence-corrected chi connectivity index (χ1v) is 7.64. The zero-order chi connectivity index (χ0) is 12.8. The van der Waals surface area contributed by atoms with Gasteiger partial charge in [-0.15, -0.1) is 0 Å². The quantitative estimate of drug-likeness (QED) is 0.634. The van der Waals surface area contributed by atoms with E-state index in [1.807, 2.05) is 0 Å². The van der Waals surface area contributed by atoms with Gasteiger partial charge in [-0.3, -0.25) is 0 Å². The summed E-state index contributed by atoms with van der Waals surface area (Å²) in [6.07, 6.45) is 1.59. The second-order valence-corrected chi connectivity index (χ2v) is 8.06. The van der Waals surface area contributed by atoms with Gasteiger partial charge in [-0.05, 0) is 48.5 Å². The van der Waals surface area contributed by atoms with Crippen LogP contribution in [0.15, 0.2) is 34.1 Å². The average Bonchev–Trinajstić information content (AvgIpc) is 2.54. The van der Waals surface area contributed by atoms with E-state index in [0.717, 1.165) is 0 Å². The molecule has 0 radical (unpaired) electrons. The van der Waals surface area contributed by atoms with Crippen LogP contribution >= 0.6 is 19.9 Å². The van der Waals surface area contributed by atoms with E-state index in [9.17, 15) is 13.2 Å². The molecule has 2 rings (SSSR count). The molecule has 1 aromatic carbocycles. The average molecular weight is 281 g/mol. The molecule has 0 fully saturated rings. The van der Waals surface area contributed by atoms with Crippen LogP contribution in [-0.2, 0) is 0 Å². The van der Waals surface area contributed by atoms with E-state index in [1.54, 1.807) is 38.1 Å². The maximum absolute atomic E-state index is 13.3. The van der Waals surface area contributed by atoms with Gasteiger partial charge in [-0.1, -0.05) is 32.0 Å². The Morgan fingerprint density at radius 2 is 1.76 bits per heavy atom. The van der Waals surface area contributed by atoms with Gasteiger partial charge in [-0.25, -0.2) is 0 Å². The molecule has 17 heavy (non-hydrogen) atoms. The maximum atomic E-state index is 13.3. The molecule has 1 unspecified atom stereocenters. The molecule has 0 N–H and O–H groups in total. The lowest BCUT2D eigenvalue weighted by Crippen LogP contribution is -2.18. The van der Waals surface area contributed by atoms with Gasteiger partial charge in [0.05, 0.1) is 0 Å². The van der Waals surface area contributed by atoms with Gasteiger partial charge >= 0.3 is 5.51 Å². The van der Waals surface area contributed by atoms with E-state index < -0.39 is 14.7 Å². The molecule has 0 saturated carbocycles. The minimum Gasteiger partial charge on any atom is -0.160 e. The lowest BCUT2D eigenvalue weighted by atomic mass is 10.1. The number of fused-ring (bicyclic) bond motifs is 1. The zero-order valence-electron chi connectivity index (χ0n) is 9.38. The van der Waals surface area contributed by atoms with Crippen LogP contribution in [0.1, 0.15) is 19.4 Å². The highest BCUT2D eigenvalue weighted by Gasteiger charge is 2.56. The van der Waals surface area contributed by atoms with Gasteiger partial charge < -0.3 is 0 Å². The summed E-state index contributed by atoms with van der Waals surface area (Å²) in [5.74, 6) is -0.212. The molecule has 0 spiro atoms. The van der Waals surface area contributed by atoms with Crippen molar-refractivity contribution in [3.8, 4) is 0 Å². The van der Waals surface area contributed by atoms with Crippen LogP contribution in [0.2, 0.25) is 0 Å². The van der Waals surface area contributed by atoms with Crippen molar-refractivity contribution in [2.75, 3.05) is 0 Å². The summed E-state index contributed by atoms with van der Waals surface area (Å²) in [6.45, 7) is 3.49. The molecule has 1 heterocycles. The Bertz CT molecular complexity index is 479. The van der Waals surface area contributed by atoms with Crippen molar-refractivity contribution in [2.45, 2.75) is 24.3 Å². The van der Waals surface area contributed by atoms with Gasteiger partial charge in [0, 0.05) is 4.90 Å². The molecule has 1 aliphatic rings. The fraction of sp³-hybridized carbons (Fsp3) is 0.333. The summed E-state index contributed by atoms with van der Waals surface area (Å²) < 4.78 is 39.9. The normalized spacial score (nSPS) is 27.6. The van der Waals surface area contributed by atoms with E-state index >= 15 is 0 Å². The van der Waals surface area contributed by atoms with E-state index in [4.69, 9.17) is 10.7 Å². The van der Waals surface area contributed by atoms with Crippen molar-refractivity contribution >= 4 is 26.0 Å². The van der Waals surface area contributed by atoms with Crippen molar-refractivity contribution in [2.24, 2.45) is 5.92 Å². The van der Waals surface area contributed by atoms with Crippen molar-refractivity contribution in [3.05, 3.63) is 34.7 Å². The van der Waals surface area contributed by atoms with Crippen LogP contribution in [0.3, 0.4) is 0 Å². The molecule has 0 saturated heterocycles. The first-order chi connectivity index (χ1) is 7.78. The van der Waals surface area contributed by atoms with Gasteiger partial charge in [-0.2, -0.15) is 13.2 Å². The third-order valence-corrected chi connectivity index (χ3v) is 7.15. The zero-order valence-corrected chi connectivity index (χ0v) is 11.0. The van der Waals surface area contributed by atoms with E-state index in [2.05, 4.69) is 0 Å². The molecule has 0 amide bonds. The third kappa shape index (κ3) is 1.78. The summed E-state index contributed by atoms with van der Waals surface area (Å²) >= 11 is 0. The Morgan fingerprint density at radius 1 is 1.18 bits per heavy atom. The predicted molar refractivity (Wildman–Crippen MR) is 67.0 cm³/mol. The van der Waals surface area contributed by atoms with Crippen molar-refractivity contribution in [3.63, 3.8) is 0 Å². The number of alkyl halides is 3. The Kier molecular flexibility index (Phi) is 2.99. The SMILES string of the molecule is CC(C)C1=Cc2ccccc2S1(Cl)C(F)(F)F. The second-order valence-electron chi connectivity index (χ2n) is 4.22. The highest BCUT2D eigenvalue weighted by atomic mass is 35.7. The number of rotatable bonds is 1. The molecule has 0 aromatic heterocycles. The number of hydrogen-bond donors (Lipinski definition) is 0. The maximum Gasteiger partial charge on any atom is 0.445 e. The van der Waals surface area contributed by atoms with E-state index in [-0.39, 0.29) is 10.8 Å². The summed E-state index contributed by atoms with van der Waals surface area (Å²) in [4.78, 5) is 0.519. The minimum absolute atomic E-state index is 0.212.